The molecule has 0 aromatic heterocycles. The van der Waals surface area contributed by atoms with Gasteiger partial charge in [0.15, 0.2) is 0 Å². The van der Waals surface area contributed by atoms with Crippen LogP contribution in [-0.4, -0.2) is 19.4 Å². The standard InChI is InChI=1S/C10H13ClN2O2S2/c1-2-8(10(12)16)13-17(14,15)9-6-4-3-5-7(9)11/h3-6,8,13H,2H2,1H3,(H2,12,16). The molecular formula is C10H13ClN2O2S2. The summed E-state index contributed by atoms with van der Waals surface area (Å²) in [5.74, 6) is 0. The Morgan fingerprint density at radius 2 is 2.12 bits per heavy atom. The number of rotatable bonds is 5. The first-order valence-corrected chi connectivity index (χ1v) is 7.21. The first-order chi connectivity index (χ1) is 7.88. The highest BCUT2D eigenvalue weighted by Gasteiger charge is 2.22. The SMILES string of the molecule is CCC(NS(=O)(=O)c1ccccc1Cl)C(N)=S. The van der Waals surface area contributed by atoms with Gasteiger partial charge >= 0.3 is 0 Å². The molecule has 1 atom stereocenters. The van der Waals surface area contributed by atoms with Gasteiger partial charge in [0, 0.05) is 0 Å². The van der Waals surface area contributed by atoms with E-state index in [1.165, 1.54) is 12.1 Å². The van der Waals surface area contributed by atoms with E-state index in [0.29, 0.717) is 6.42 Å². The zero-order valence-corrected chi connectivity index (χ0v) is 11.6. The molecule has 0 radical (unpaired) electrons. The Morgan fingerprint density at radius 1 is 1.53 bits per heavy atom. The predicted octanol–water partition coefficient (Wildman–Crippen LogP) is 1.68. The molecule has 0 saturated heterocycles. The Balaban J connectivity index is 3.05. The highest BCUT2D eigenvalue weighted by atomic mass is 35.5. The molecule has 0 fully saturated rings. The van der Waals surface area contributed by atoms with Gasteiger partial charge in [-0.05, 0) is 18.6 Å². The summed E-state index contributed by atoms with van der Waals surface area (Å²) in [6, 6.07) is 5.63. The van der Waals surface area contributed by atoms with Crippen LogP contribution >= 0.6 is 23.8 Å². The van der Waals surface area contributed by atoms with Crippen LogP contribution in [0.15, 0.2) is 29.2 Å². The van der Waals surface area contributed by atoms with Crippen LogP contribution in [-0.2, 0) is 10.0 Å². The van der Waals surface area contributed by atoms with Gasteiger partial charge in [-0.25, -0.2) is 13.1 Å². The number of hydrogen-bond donors (Lipinski definition) is 2. The van der Waals surface area contributed by atoms with E-state index in [9.17, 15) is 8.42 Å². The molecule has 7 heteroatoms. The monoisotopic (exact) mass is 292 g/mol. The fourth-order valence-corrected chi connectivity index (χ4v) is 3.37. The number of benzene rings is 1. The van der Waals surface area contributed by atoms with Gasteiger partial charge < -0.3 is 5.73 Å². The van der Waals surface area contributed by atoms with Gasteiger partial charge in [0.25, 0.3) is 0 Å². The summed E-state index contributed by atoms with van der Waals surface area (Å²) in [5.41, 5.74) is 5.44. The second kappa shape index (κ2) is 5.77. The van der Waals surface area contributed by atoms with Crippen molar-refractivity contribution < 1.29 is 8.42 Å². The van der Waals surface area contributed by atoms with Crippen molar-refractivity contribution in [2.75, 3.05) is 0 Å². The fourth-order valence-electron chi connectivity index (χ4n) is 1.26. The van der Waals surface area contributed by atoms with Crippen LogP contribution in [0, 0.1) is 0 Å². The maximum atomic E-state index is 12.0. The molecule has 1 aromatic carbocycles. The van der Waals surface area contributed by atoms with Crippen LogP contribution in [0.1, 0.15) is 13.3 Å². The van der Waals surface area contributed by atoms with Crippen molar-refractivity contribution in [3.63, 3.8) is 0 Å². The second-order valence-electron chi connectivity index (χ2n) is 3.41. The third-order valence-electron chi connectivity index (χ3n) is 2.18. The third kappa shape index (κ3) is 3.64. The van der Waals surface area contributed by atoms with E-state index in [1.807, 2.05) is 0 Å². The molecule has 17 heavy (non-hydrogen) atoms. The Morgan fingerprint density at radius 3 is 2.59 bits per heavy atom. The number of thiocarbonyl (C=S) groups is 1. The van der Waals surface area contributed by atoms with Crippen LogP contribution in [0.4, 0.5) is 0 Å². The van der Waals surface area contributed by atoms with Gasteiger partial charge in [0.1, 0.15) is 4.90 Å². The number of nitrogens with one attached hydrogen (secondary N) is 1. The van der Waals surface area contributed by atoms with Crippen molar-refractivity contribution in [3.05, 3.63) is 29.3 Å². The maximum Gasteiger partial charge on any atom is 0.242 e. The molecule has 0 spiro atoms. The smallest absolute Gasteiger partial charge is 0.242 e. The highest BCUT2D eigenvalue weighted by molar-refractivity contribution is 7.89. The van der Waals surface area contributed by atoms with Gasteiger partial charge in [-0.1, -0.05) is 42.9 Å². The number of hydrogen-bond acceptors (Lipinski definition) is 3. The molecule has 1 unspecified atom stereocenters. The Hall–Kier alpha value is -0.690. The first kappa shape index (κ1) is 14.4. The lowest BCUT2D eigenvalue weighted by Crippen LogP contribution is -2.42. The molecule has 0 aliphatic carbocycles. The van der Waals surface area contributed by atoms with Crippen molar-refractivity contribution in [3.8, 4) is 0 Å². The zero-order chi connectivity index (χ0) is 13.1. The normalized spacial score (nSPS) is 13.3. The summed E-state index contributed by atoms with van der Waals surface area (Å²) in [7, 11) is -3.70. The van der Waals surface area contributed by atoms with Gasteiger partial charge in [0.2, 0.25) is 10.0 Å². The van der Waals surface area contributed by atoms with E-state index in [2.05, 4.69) is 4.72 Å². The molecule has 1 rings (SSSR count). The van der Waals surface area contributed by atoms with E-state index in [-0.39, 0.29) is 14.9 Å². The van der Waals surface area contributed by atoms with E-state index in [4.69, 9.17) is 29.6 Å². The molecule has 3 N–H and O–H groups in total. The molecule has 0 aliphatic rings. The van der Waals surface area contributed by atoms with Gasteiger partial charge in [-0.15, -0.1) is 0 Å². The van der Waals surface area contributed by atoms with Crippen molar-refractivity contribution in [1.82, 2.24) is 4.72 Å². The molecular weight excluding hydrogens is 280 g/mol. The quantitative estimate of drug-likeness (QED) is 0.810. The van der Waals surface area contributed by atoms with E-state index >= 15 is 0 Å². The fraction of sp³-hybridized carbons (Fsp3) is 0.300. The van der Waals surface area contributed by atoms with Gasteiger partial charge in [-0.3, -0.25) is 0 Å². The van der Waals surface area contributed by atoms with Gasteiger partial charge in [-0.2, -0.15) is 0 Å². The van der Waals surface area contributed by atoms with Crippen LogP contribution in [0.5, 0.6) is 0 Å². The number of halogens is 1. The van der Waals surface area contributed by atoms with Crippen LogP contribution in [0.3, 0.4) is 0 Å². The minimum absolute atomic E-state index is 0.0244. The molecule has 0 saturated carbocycles. The molecule has 4 nitrogen and oxygen atoms in total. The maximum absolute atomic E-state index is 12.0. The van der Waals surface area contributed by atoms with Crippen molar-refractivity contribution in [1.29, 1.82) is 0 Å². The lowest BCUT2D eigenvalue weighted by molar-refractivity contribution is 0.572. The lowest BCUT2D eigenvalue weighted by atomic mass is 10.2. The molecule has 0 amide bonds. The predicted molar refractivity (Wildman–Crippen MR) is 72.6 cm³/mol. The summed E-state index contributed by atoms with van der Waals surface area (Å²) in [5, 5.41) is 0.165. The number of nitrogens with two attached hydrogens (primary N) is 1. The molecule has 1 aromatic rings. The minimum atomic E-state index is -3.70. The van der Waals surface area contributed by atoms with Crippen molar-refractivity contribution >= 4 is 38.8 Å². The first-order valence-electron chi connectivity index (χ1n) is 4.94. The third-order valence-corrected chi connectivity index (χ3v) is 4.43. The van der Waals surface area contributed by atoms with Gasteiger partial charge in [0.05, 0.1) is 16.1 Å². The Labute approximate surface area is 111 Å². The summed E-state index contributed by atoms with van der Waals surface area (Å²) in [6.45, 7) is 1.79. The molecule has 94 valence electrons. The summed E-state index contributed by atoms with van der Waals surface area (Å²) in [4.78, 5) is 0.138. The van der Waals surface area contributed by atoms with Crippen LogP contribution in [0.25, 0.3) is 0 Å². The van der Waals surface area contributed by atoms with E-state index < -0.39 is 16.1 Å². The minimum Gasteiger partial charge on any atom is -0.392 e. The lowest BCUT2D eigenvalue weighted by Gasteiger charge is -2.16. The summed E-state index contributed by atoms with van der Waals surface area (Å²) >= 11 is 10.6. The van der Waals surface area contributed by atoms with Crippen LogP contribution in [0.2, 0.25) is 5.02 Å². The largest absolute Gasteiger partial charge is 0.392 e. The van der Waals surface area contributed by atoms with Crippen molar-refractivity contribution in [2.45, 2.75) is 24.3 Å². The summed E-state index contributed by atoms with van der Waals surface area (Å²) in [6.07, 6.45) is 0.485. The van der Waals surface area contributed by atoms with E-state index in [1.54, 1.807) is 19.1 Å². The molecule has 0 heterocycles. The number of sulfonamides is 1. The highest BCUT2D eigenvalue weighted by Crippen LogP contribution is 2.20. The van der Waals surface area contributed by atoms with Crippen molar-refractivity contribution in [2.24, 2.45) is 5.73 Å². The van der Waals surface area contributed by atoms with E-state index in [0.717, 1.165) is 0 Å². The average Bonchev–Trinajstić information content (AvgIpc) is 2.26. The average molecular weight is 293 g/mol. The second-order valence-corrected chi connectivity index (χ2v) is 5.98. The topological polar surface area (TPSA) is 72.2 Å². The Bertz CT molecular complexity index is 517. The molecule has 0 aliphatic heterocycles. The summed E-state index contributed by atoms with van der Waals surface area (Å²) < 4.78 is 26.5. The Kier molecular flexibility index (Phi) is 4.88. The van der Waals surface area contributed by atoms with Crippen LogP contribution < -0.4 is 10.5 Å². The zero-order valence-electron chi connectivity index (χ0n) is 9.18. The molecule has 0 bridgehead atoms.